The van der Waals surface area contributed by atoms with Crippen LogP contribution in [0.15, 0.2) is 37.2 Å². The quantitative estimate of drug-likeness (QED) is 0.0856. The fraction of sp³-hybridized carbons (Fsp3) is 0.476. The van der Waals surface area contributed by atoms with Gasteiger partial charge in [0.2, 0.25) is 6.17 Å². The number of aliphatic hydroxyl groups excluding tert-OH is 3. The number of imidazole rings is 1. The first-order valence-corrected chi connectivity index (χ1v) is 15.6. The number of pyridine rings is 1. The number of hydrogen-bond donors (Lipinski definition) is 7. The van der Waals surface area contributed by atoms with Crippen LogP contribution in [0.1, 0.15) is 22.8 Å². The molecular formula is C21H27FN7O13P2+. The van der Waals surface area contributed by atoms with Crippen LogP contribution in [0.4, 0.5) is 10.2 Å². The number of rotatable bonds is 11. The number of halogens is 1. The second-order valence-corrected chi connectivity index (χ2v) is 12.7. The van der Waals surface area contributed by atoms with Gasteiger partial charge in [-0.2, -0.15) is 8.88 Å². The number of nitrogen functional groups attached to an aromatic ring is 1. The second-order valence-electron chi connectivity index (χ2n) is 9.64. The average molecular weight is 666 g/mol. The summed E-state index contributed by atoms with van der Waals surface area (Å²) in [5, 5.41) is 31.1. The van der Waals surface area contributed by atoms with E-state index in [1.165, 1.54) is 35.4 Å². The molecule has 0 radical (unpaired) electrons. The Kier molecular flexibility index (Phi) is 9.11. The molecule has 0 bridgehead atoms. The van der Waals surface area contributed by atoms with Crippen molar-refractivity contribution in [3.63, 3.8) is 0 Å². The maximum atomic E-state index is 14.8. The summed E-state index contributed by atoms with van der Waals surface area (Å²) >= 11 is 0. The van der Waals surface area contributed by atoms with Crippen molar-refractivity contribution in [1.29, 1.82) is 0 Å². The fourth-order valence-corrected chi connectivity index (χ4v) is 6.63. The second kappa shape index (κ2) is 12.4. The van der Waals surface area contributed by atoms with Crippen molar-refractivity contribution in [3.8, 4) is 0 Å². The number of carbonyl (C=O) groups excluding carboxylic acids is 1. The molecule has 10 atom stereocenters. The molecule has 0 aliphatic carbocycles. The molecular weight excluding hydrogens is 639 g/mol. The highest BCUT2D eigenvalue weighted by Crippen LogP contribution is 2.60. The summed E-state index contributed by atoms with van der Waals surface area (Å²) in [5.74, 6) is -0.761. The van der Waals surface area contributed by atoms with Crippen LogP contribution >= 0.6 is 15.6 Å². The molecule has 0 saturated carbocycles. The zero-order valence-corrected chi connectivity index (χ0v) is 24.0. The zero-order chi connectivity index (χ0) is 32.0. The van der Waals surface area contributed by atoms with Gasteiger partial charge in [0, 0.05) is 6.07 Å². The summed E-state index contributed by atoms with van der Waals surface area (Å²) in [7, 11) is -10.8. The van der Waals surface area contributed by atoms with Gasteiger partial charge in [-0.15, -0.1) is 0 Å². The third-order valence-electron chi connectivity index (χ3n) is 6.70. The van der Waals surface area contributed by atoms with E-state index in [1.54, 1.807) is 0 Å². The van der Waals surface area contributed by atoms with Crippen molar-refractivity contribution in [3.05, 3.63) is 42.7 Å². The smallest absolute Gasteiger partial charge is 0.387 e. The molecule has 3 aromatic heterocycles. The number of fused-ring (bicyclic) bond motifs is 1. The molecule has 2 fully saturated rings. The number of amides is 1. The molecule has 5 rings (SSSR count). The summed E-state index contributed by atoms with van der Waals surface area (Å²) in [6.45, 7) is -1.89. The molecule has 23 heteroatoms. The SMILES string of the molecule is NC(=O)c1ccc[n+]([C@@H]2O[C@H](COP(=O)(O)OP(=O)(O)OC[C@H]3O[C@@H](n4cnc5c(N)ncnc54)C(O)[C@H]3O)C(O)[C@H]2F)c1. The predicted octanol–water partition coefficient (Wildman–Crippen LogP) is -2.04. The van der Waals surface area contributed by atoms with E-state index in [0.29, 0.717) is 0 Å². The maximum Gasteiger partial charge on any atom is 0.481 e. The van der Waals surface area contributed by atoms with E-state index in [0.717, 1.165) is 10.9 Å². The molecule has 0 aromatic carbocycles. The molecule has 0 spiro atoms. The maximum absolute atomic E-state index is 14.8. The number of alkyl halides is 1. The standard InChI is InChI=1S/C21H26FN7O13P2/c22-12-14(30)10(40-20(12)28-3-1-2-9(4-28)18(24)33)5-38-43(34,35)42-44(36,37)39-6-11-15(31)16(32)21(41-11)29-8-27-13-17(23)25-7-26-19(13)29/h1-4,7-8,10-12,14-16,20-21,30-32H,5-6H2,(H5-,23,24,25,26,33,34,35,36,37)/p+1/t10-,11-,12-,14?,15+,16?,20-,21-/m1/s1. The summed E-state index contributed by atoms with van der Waals surface area (Å²) in [5.41, 5.74) is 11.3. The van der Waals surface area contributed by atoms with E-state index in [9.17, 15) is 43.4 Å². The lowest BCUT2D eigenvalue weighted by Crippen LogP contribution is -2.45. The van der Waals surface area contributed by atoms with Gasteiger partial charge in [0.15, 0.2) is 30.1 Å². The van der Waals surface area contributed by atoms with E-state index in [1.807, 2.05) is 0 Å². The Bertz CT molecular complexity index is 1630. The van der Waals surface area contributed by atoms with Crippen molar-refractivity contribution in [2.45, 2.75) is 49.1 Å². The summed E-state index contributed by atoms with van der Waals surface area (Å²) in [4.78, 5) is 43.2. The number of anilines is 1. The number of phosphoric ester groups is 2. The van der Waals surface area contributed by atoms with Gasteiger partial charge in [-0.25, -0.2) is 28.5 Å². The average Bonchev–Trinajstić information content (AvgIpc) is 3.61. The number of carbonyl (C=O) groups is 1. The Balaban J connectivity index is 1.16. The Morgan fingerprint density at radius 1 is 1.05 bits per heavy atom. The summed E-state index contributed by atoms with van der Waals surface area (Å²) < 4.78 is 66.4. The van der Waals surface area contributed by atoms with Gasteiger partial charge in [-0.1, -0.05) is 0 Å². The number of nitrogens with two attached hydrogens (primary N) is 2. The Hall–Kier alpha value is -3.04. The molecule has 3 aromatic rings. The molecule has 4 unspecified atom stereocenters. The lowest BCUT2D eigenvalue weighted by molar-refractivity contribution is -0.764. The van der Waals surface area contributed by atoms with Crippen molar-refractivity contribution < 1.29 is 70.8 Å². The van der Waals surface area contributed by atoms with Gasteiger partial charge >= 0.3 is 15.6 Å². The Morgan fingerprint density at radius 2 is 1.70 bits per heavy atom. The van der Waals surface area contributed by atoms with Crippen LogP contribution in [0.25, 0.3) is 11.2 Å². The van der Waals surface area contributed by atoms with E-state index in [-0.39, 0.29) is 22.5 Å². The van der Waals surface area contributed by atoms with Gasteiger partial charge in [0.05, 0.1) is 19.5 Å². The number of nitrogens with zero attached hydrogens (tertiary/aromatic N) is 5. The van der Waals surface area contributed by atoms with Crippen molar-refractivity contribution in [2.75, 3.05) is 18.9 Å². The van der Waals surface area contributed by atoms with Crippen LogP contribution in [0, 0.1) is 0 Å². The summed E-state index contributed by atoms with van der Waals surface area (Å²) in [6, 6.07) is 2.74. The lowest BCUT2D eigenvalue weighted by atomic mass is 10.1. The van der Waals surface area contributed by atoms with Crippen LogP contribution in [0.5, 0.6) is 0 Å². The van der Waals surface area contributed by atoms with Crippen LogP contribution in [0.3, 0.4) is 0 Å². The lowest BCUT2D eigenvalue weighted by Gasteiger charge is -2.20. The summed E-state index contributed by atoms with van der Waals surface area (Å²) in [6.07, 6.45) is -8.14. The number of aliphatic hydroxyl groups is 3. The predicted molar refractivity (Wildman–Crippen MR) is 138 cm³/mol. The number of phosphoric acid groups is 2. The molecule has 1 amide bonds. The minimum Gasteiger partial charge on any atom is -0.387 e. The Labute approximate surface area is 245 Å². The highest BCUT2D eigenvalue weighted by Gasteiger charge is 2.51. The van der Waals surface area contributed by atoms with Gasteiger partial charge in [0.25, 0.3) is 12.1 Å². The largest absolute Gasteiger partial charge is 0.481 e. The van der Waals surface area contributed by atoms with Crippen molar-refractivity contribution >= 4 is 38.5 Å². The van der Waals surface area contributed by atoms with E-state index in [4.69, 9.17) is 20.9 Å². The van der Waals surface area contributed by atoms with E-state index < -0.39 is 83.9 Å². The first-order valence-electron chi connectivity index (χ1n) is 12.6. The van der Waals surface area contributed by atoms with Gasteiger partial charge in [0.1, 0.15) is 47.9 Å². The van der Waals surface area contributed by atoms with Crippen molar-refractivity contribution in [2.24, 2.45) is 5.73 Å². The van der Waals surface area contributed by atoms with Gasteiger partial charge in [-0.05, 0) is 6.07 Å². The highest BCUT2D eigenvalue weighted by molar-refractivity contribution is 7.61. The number of aromatic nitrogens is 5. The zero-order valence-electron chi connectivity index (χ0n) is 22.2. The minimum atomic E-state index is -5.41. The normalized spacial score (nSPS) is 31.6. The topological polar surface area (TPSA) is 298 Å². The van der Waals surface area contributed by atoms with Crippen molar-refractivity contribution in [1.82, 2.24) is 19.5 Å². The van der Waals surface area contributed by atoms with Crippen LogP contribution in [-0.4, -0.2) is 100 Å². The monoisotopic (exact) mass is 666 g/mol. The molecule has 44 heavy (non-hydrogen) atoms. The molecule has 2 aliphatic heterocycles. The van der Waals surface area contributed by atoms with E-state index >= 15 is 0 Å². The number of primary amides is 1. The number of hydrogen-bond acceptors (Lipinski definition) is 15. The first-order chi connectivity index (χ1) is 20.7. The molecule has 2 saturated heterocycles. The van der Waals surface area contributed by atoms with E-state index in [2.05, 4.69) is 28.3 Å². The van der Waals surface area contributed by atoms with Gasteiger partial charge in [-0.3, -0.25) is 18.4 Å². The fourth-order valence-electron chi connectivity index (χ4n) is 4.54. The highest BCUT2D eigenvalue weighted by atomic mass is 31.3. The first kappa shape index (κ1) is 32.4. The number of ether oxygens (including phenoxy) is 2. The minimum absolute atomic E-state index is 0.0139. The molecule has 5 heterocycles. The third-order valence-corrected chi connectivity index (χ3v) is 9.30. The van der Waals surface area contributed by atoms with Crippen LogP contribution in [-0.2, 0) is 32.0 Å². The molecule has 20 nitrogen and oxygen atoms in total. The van der Waals surface area contributed by atoms with Gasteiger partial charge < -0.3 is 46.0 Å². The third kappa shape index (κ3) is 6.64. The van der Waals surface area contributed by atoms with Crippen LogP contribution in [0.2, 0.25) is 0 Å². The Morgan fingerprint density at radius 3 is 2.36 bits per heavy atom. The molecule has 2 aliphatic rings. The van der Waals surface area contributed by atoms with Crippen LogP contribution < -0.4 is 16.0 Å². The molecule has 9 N–H and O–H groups in total. The molecule has 240 valence electrons.